The number of aryl methyl sites for hydroxylation is 2. The maximum Gasteiger partial charge on any atom is 0.125 e. The van der Waals surface area contributed by atoms with Crippen molar-refractivity contribution < 1.29 is 4.74 Å². The van der Waals surface area contributed by atoms with Crippen LogP contribution in [0.25, 0.3) is 26.7 Å². The average molecular weight is 407 g/mol. The summed E-state index contributed by atoms with van der Waals surface area (Å²) in [6.07, 6.45) is 12.1. The summed E-state index contributed by atoms with van der Waals surface area (Å²) in [5.74, 6) is 0. The molecule has 0 spiro atoms. The van der Waals surface area contributed by atoms with Crippen LogP contribution in [0.4, 0.5) is 0 Å². The van der Waals surface area contributed by atoms with Gasteiger partial charge in [-0.05, 0) is 64.2 Å². The minimum Gasteiger partial charge on any atom is -0.378 e. The van der Waals surface area contributed by atoms with Gasteiger partial charge in [0.25, 0.3) is 0 Å². The number of pyridine rings is 1. The third-order valence-corrected chi connectivity index (χ3v) is 6.14. The lowest BCUT2D eigenvalue weighted by atomic mass is 9.94. The van der Waals surface area contributed by atoms with Crippen LogP contribution in [0, 0.1) is 6.92 Å². The van der Waals surface area contributed by atoms with Crippen LogP contribution in [0.3, 0.4) is 0 Å². The standard InChI is InChI=1S/C23H26N4OS/c1-15(2)28-12-6-9-17-7-4-10-19-21(17)27-20(14-25-19)22-16(3)26-23(29-22)18-8-5-11-24-13-18/h5,8-9,11,13-15H,4,6-7,10,12H2,1-3H3/b17-9+. The van der Waals surface area contributed by atoms with Gasteiger partial charge in [-0.1, -0.05) is 6.08 Å². The van der Waals surface area contributed by atoms with Crippen LogP contribution in [-0.2, 0) is 11.2 Å². The first-order valence-corrected chi connectivity index (χ1v) is 11.0. The van der Waals surface area contributed by atoms with Crippen molar-refractivity contribution in [2.24, 2.45) is 0 Å². The minimum atomic E-state index is 0.266. The minimum absolute atomic E-state index is 0.266. The lowest BCUT2D eigenvalue weighted by Gasteiger charge is -2.18. The molecule has 29 heavy (non-hydrogen) atoms. The van der Waals surface area contributed by atoms with E-state index in [1.54, 1.807) is 17.5 Å². The van der Waals surface area contributed by atoms with Gasteiger partial charge in [0, 0.05) is 18.0 Å². The zero-order chi connectivity index (χ0) is 20.2. The number of allylic oxidation sites excluding steroid dienone is 1. The van der Waals surface area contributed by atoms with E-state index < -0.39 is 0 Å². The van der Waals surface area contributed by atoms with Crippen LogP contribution in [0.1, 0.15) is 50.2 Å². The summed E-state index contributed by atoms with van der Waals surface area (Å²) in [4.78, 5) is 19.8. The van der Waals surface area contributed by atoms with Gasteiger partial charge in [0.15, 0.2) is 0 Å². The Labute approximate surface area is 175 Å². The van der Waals surface area contributed by atoms with Gasteiger partial charge in [-0.2, -0.15) is 0 Å². The van der Waals surface area contributed by atoms with Crippen molar-refractivity contribution in [1.29, 1.82) is 0 Å². The molecule has 0 aromatic carbocycles. The summed E-state index contributed by atoms with van der Waals surface area (Å²) < 4.78 is 5.68. The Morgan fingerprint density at radius 2 is 2.10 bits per heavy atom. The molecule has 0 unspecified atom stereocenters. The molecule has 1 aliphatic rings. The van der Waals surface area contributed by atoms with Crippen LogP contribution in [0.2, 0.25) is 0 Å². The smallest absolute Gasteiger partial charge is 0.125 e. The van der Waals surface area contributed by atoms with Crippen LogP contribution in [0.5, 0.6) is 0 Å². The molecular weight excluding hydrogens is 380 g/mol. The highest BCUT2D eigenvalue weighted by molar-refractivity contribution is 7.18. The van der Waals surface area contributed by atoms with Gasteiger partial charge in [-0.25, -0.2) is 9.97 Å². The second-order valence-electron chi connectivity index (χ2n) is 7.52. The second-order valence-corrected chi connectivity index (χ2v) is 8.52. The summed E-state index contributed by atoms with van der Waals surface area (Å²) >= 11 is 1.65. The van der Waals surface area contributed by atoms with E-state index in [1.807, 2.05) is 31.5 Å². The molecule has 0 saturated heterocycles. The highest BCUT2D eigenvalue weighted by Gasteiger charge is 2.20. The van der Waals surface area contributed by atoms with Crippen molar-refractivity contribution in [3.8, 4) is 21.1 Å². The summed E-state index contributed by atoms with van der Waals surface area (Å²) in [6, 6.07) is 3.97. The molecule has 0 N–H and O–H groups in total. The Kier molecular flexibility index (Phi) is 6.11. The number of hydrogen-bond donors (Lipinski definition) is 0. The largest absolute Gasteiger partial charge is 0.378 e. The lowest BCUT2D eigenvalue weighted by molar-refractivity contribution is 0.0826. The molecule has 150 valence electrons. The molecule has 0 bridgehead atoms. The van der Waals surface area contributed by atoms with Gasteiger partial charge >= 0.3 is 0 Å². The van der Waals surface area contributed by atoms with E-state index in [4.69, 9.17) is 19.7 Å². The van der Waals surface area contributed by atoms with Crippen molar-refractivity contribution in [2.45, 2.75) is 52.6 Å². The van der Waals surface area contributed by atoms with E-state index >= 15 is 0 Å². The maximum absolute atomic E-state index is 5.68. The van der Waals surface area contributed by atoms with E-state index in [9.17, 15) is 0 Å². The Hall–Kier alpha value is -2.44. The predicted octanol–water partition coefficient (Wildman–Crippen LogP) is 5.51. The quantitative estimate of drug-likeness (QED) is 0.506. The molecule has 0 amide bonds. The third-order valence-electron chi connectivity index (χ3n) is 4.91. The molecule has 1 aliphatic carbocycles. The average Bonchev–Trinajstić information content (AvgIpc) is 3.13. The Morgan fingerprint density at radius 1 is 1.21 bits per heavy atom. The van der Waals surface area contributed by atoms with Crippen LogP contribution >= 0.6 is 11.3 Å². The Balaban J connectivity index is 1.63. The summed E-state index contributed by atoms with van der Waals surface area (Å²) in [7, 11) is 0. The van der Waals surface area contributed by atoms with Crippen molar-refractivity contribution in [1.82, 2.24) is 19.9 Å². The Bertz CT molecular complexity index is 1010. The zero-order valence-electron chi connectivity index (χ0n) is 17.2. The normalized spacial score (nSPS) is 15.1. The van der Waals surface area contributed by atoms with Crippen molar-refractivity contribution >= 4 is 16.9 Å². The van der Waals surface area contributed by atoms with E-state index in [0.29, 0.717) is 0 Å². The number of ether oxygens (including phenoxy) is 1. The van der Waals surface area contributed by atoms with Gasteiger partial charge in [0.2, 0.25) is 0 Å². The highest BCUT2D eigenvalue weighted by Crippen LogP contribution is 2.36. The summed E-state index contributed by atoms with van der Waals surface area (Å²) in [5.41, 5.74) is 6.36. The van der Waals surface area contributed by atoms with Gasteiger partial charge < -0.3 is 4.74 Å². The number of hydrogen-bond acceptors (Lipinski definition) is 6. The molecule has 5 nitrogen and oxygen atoms in total. The fraction of sp³-hybridized carbons (Fsp3) is 0.391. The van der Waals surface area contributed by atoms with Crippen molar-refractivity contribution in [2.75, 3.05) is 6.61 Å². The number of nitrogens with zero attached hydrogens (tertiary/aromatic N) is 4. The third kappa shape index (κ3) is 4.60. The van der Waals surface area contributed by atoms with Crippen molar-refractivity contribution in [3.05, 3.63) is 53.9 Å². The van der Waals surface area contributed by atoms with Gasteiger partial charge in [0.05, 0.1) is 40.9 Å². The first kappa shape index (κ1) is 19.9. The molecule has 3 aromatic heterocycles. The first-order chi connectivity index (χ1) is 14.1. The number of fused-ring (bicyclic) bond motifs is 1. The van der Waals surface area contributed by atoms with Gasteiger partial charge in [-0.3, -0.25) is 9.97 Å². The first-order valence-electron chi connectivity index (χ1n) is 10.2. The molecule has 3 heterocycles. The van der Waals surface area contributed by atoms with E-state index in [2.05, 4.69) is 24.9 Å². The van der Waals surface area contributed by atoms with Crippen LogP contribution in [0.15, 0.2) is 36.8 Å². The number of aromatic nitrogens is 4. The topological polar surface area (TPSA) is 60.8 Å². The number of thiazole rings is 1. The molecule has 4 rings (SSSR count). The zero-order valence-corrected chi connectivity index (χ0v) is 18.0. The molecule has 3 aromatic rings. The van der Waals surface area contributed by atoms with Crippen molar-refractivity contribution in [3.63, 3.8) is 0 Å². The summed E-state index contributed by atoms with van der Waals surface area (Å²) in [6.45, 7) is 6.91. The predicted molar refractivity (Wildman–Crippen MR) is 118 cm³/mol. The molecule has 0 saturated carbocycles. The van der Waals surface area contributed by atoms with E-state index in [0.717, 1.165) is 70.5 Å². The molecule has 0 aliphatic heterocycles. The fourth-order valence-corrected chi connectivity index (χ4v) is 4.52. The second kappa shape index (κ2) is 8.93. The van der Waals surface area contributed by atoms with Crippen LogP contribution in [-0.4, -0.2) is 32.6 Å². The fourth-order valence-electron chi connectivity index (χ4n) is 3.51. The van der Waals surface area contributed by atoms with E-state index in [1.165, 1.54) is 5.57 Å². The van der Waals surface area contributed by atoms with Gasteiger partial charge in [-0.15, -0.1) is 11.3 Å². The lowest BCUT2D eigenvalue weighted by Crippen LogP contribution is -2.08. The maximum atomic E-state index is 5.68. The Morgan fingerprint density at radius 3 is 2.90 bits per heavy atom. The van der Waals surface area contributed by atoms with Crippen LogP contribution < -0.4 is 0 Å². The molecule has 0 radical (unpaired) electrons. The summed E-state index contributed by atoms with van der Waals surface area (Å²) in [5, 5.41) is 0.965. The molecule has 0 atom stereocenters. The van der Waals surface area contributed by atoms with E-state index in [-0.39, 0.29) is 6.10 Å². The molecular formula is C23H26N4OS. The number of rotatable bonds is 6. The van der Waals surface area contributed by atoms with Gasteiger partial charge in [0.1, 0.15) is 10.7 Å². The highest BCUT2D eigenvalue weighted by atomic mass is 32.1. The monoisotopic (exact) mass is 406 g/mol. The SMILES string of the molecule is Cc1nc(-c2cccnc2)sc1-c1cnc2c(n1)/C(=C/CCOC(C)C)CCC2. The molecule has 6 heteroatoms. The molecule has 0 fully saturated rings.